The Kier molecular flexibility index (Phi) is 3.46. The summed E-state index contributed by atoms with van der Waals surface area (Å²) in [7, 11) is 4.54. The fourth-order valence-corrected chi connectivity index (χ4v) is 2.62. The molecule has 0 bridgehead atoms. The Balaban J connectivity index is 2.74. The molecule has 2 rings (SSSR count). The third kappa shape index (κ3) is 2.03. The first-order chi connectivity index (χ1) is 9.25. The molecular weight excluding hydrogens is 284 g/mol. The van der Waals surface area contributed by atoms with Gasteiger partial charge in [-0.25, -0.2) is 9.78 Å². The Hall–Kier alpha value is -2.03. The number of carbonyl (C=O) groups is 1. The molecule has 2 aromatic rings. The van der Waals surface area contributed by atoms with Gasteiger partial charge in [0.2, 0.25) is 0 Å². The Labute approximate surface area is 117 Å². The monoisotopic (exact) mass is 298 g/mol. The third-order valence-corrected chi connectivity index (χ3v) is 4.20. The highest BCUT2D eigenvalue weighted by Crippen LogP contribution is 2.24. The molecule has 0 fully saturated rings. The number of hydrogen-bond donors (Lipinski definition) is 1. The van der Waals surface area contributed by atoms with Crippen molar-refractivity contribution < 1.29 is 9.90 Å². The Bertz CT molecular complexity index is 816. The van der Waals surface area contributed by atoms with Gasteiger partial charge in [0, 0.05) is 21.1 Å². The number of thioether (sulfide) groups is 1. The number of aliphatic carboxylic acids is 1. The summed E-state index contributed by atoms with van der Waals surface area (Å²) in [4.78, 5) is 39.1. The van der Waals surface area contributed by atoms with Gasteiger partial charge < -0.3 is 9.67 Å². The van der Waals surface area contributed by atoms with Crippen molar-refractivity contribution in [3.05, 3.63) is 20.8 Å². The second-order valence-corrected chi connectivity index (χ2v) is 5.74. The van der Waals surface area contributed by atoms with Crippen molar-refractivity contribution >= 4 is 28.9 Å². The second-order valence-electron chi connectivity index (χ2n) is 4.43. The third-order valence-electron chi connectivity index (χ3n) is 3.06. The standard InChI is InChI=1S/C11H14N4O4S/c1-5(9(17)18)20-10-12-7-6(13(10)2)8(16)15(4)11(19)14(7)3/h5H,1-4H3,(H,17,18)/t5-/m0/s1. The van der Waals surface area contributed by atoms with Crippen LogP contribution in [-0.4, -0.2) is 35.0 Å². The minimum Gasteiger partial charge on any atom is -0.480 e. The van der Waals surface area contributed by atoms with Gasteiger partial charge in [-0.15, -0.1) is 0 Å². The molecule has 9 heteroatoms. The van der Waals surface area contributed by atoms with Crippen molar-refractivity contribution in [1.29, 1.82) is 0 Å². The maximum Gasteiger partial charge on any atom is 0.332 e. The van der Waals surface area contributed by atoms with E-state index < -0.39 is 22.5 Å². The SMILES string of the molecule is C[C@H](Sc1nc2c(c(=O)n(C)c(=O)n2C)n1C)C(=O)O. The van der Waals surface area contributed by atoms with E-state index in [0.717, 1.165) is 16.3 Å². The van der Waals surface area contributed by atoms with E-state index in [4.69, 9.17) is 5.11 Å². The summed E-state index contributed by atoms with van der Waals surface area (Å²) < 4.78 is 3.78. The molecule has 0 aliphatic carbocycles. The molecule has 8 nitrogen and oxygen atoms in total. The zero-order chi connectivity index (χ0) is 15.2. The van der Waals surface area contributed by atoms with Crippen molar-refractivity contribution in [2.24, 2.45) is 21.1 Å². The summed E-state index contributed by atoms with van der Waals surface area (Å²) in [5.74, 6) is -0.969. The van der Waals surface area contributed by atoms with Crippen LogP contribution in [0, 0.1) is 0 Å². The van der Waals surface area contributed by atoms with E-state index in [-0.39, 0.29) is 11.2 Å². The minimum absolute atomic E-state index is 0.251. The molecule has 2 aromatic heterocycles. The van der Waals surface area contributed by atoms with Crippen molar-refractivity contribution in [1.82, 2.24) is 18.7 Å². The number of carboxylic acids is 1. The van der Waals surface area contributed by atoms with E-state index >= 15 is 0 Å². The first-order valence-electron chi connectivity index (χ1n) is 5.77. The highest BCUT2D eigenvalue weighted by atomic mass is 32.2. The molecule has 0 unspecified atom stereocenters. The fraction of sp³-hybridized carbons (Fsp3) is 0.455. The number of aromatic nitrogens is 4. The van der Waals surface area contributed by atoms with Crippen molar-refractivity contribution in [3.63, 3.8) is 0 Å². The fourth-order valence-electron chi connectivity index (χ4n) is 1.81. The Morgan fingerprint density at radius 2 is 1.80 bits per heavy atom. The predicted molar refractivity (Wildman–Crippen MR) is 74.2 cm³/mol. The number of fused-ring (bicyclic) bond motifs is 1. The van der Waals surface area contributed by atoms with Gasteiger partial charge in [0.25, 0.3) is 5.56 Å². The smallest absolute Gasteiger partial charge is 0.332 e. The normalized spacial score (nSPS) is 12.8. The minimum atomic E-state index is -0.969. The van der Waals surface area contributed by atoms with Crippen molar-refractivity contribution in [2.75, 3.05) is 0 Å². The molecule has 2 heterocycles. The van der Waals surface area contributed by atoms with Crippen LogP contribution in [0.3, 0.4) is 0 Å². The average molecular weight is 298 g/mol. The number of carboxylic acid groups (broad SMARTS) is 1. The van der Waals surface area contributed by atoms with Gasteiger partial charge in [-0.1, -0.05) is 11.8 Å². The van der Waals surface area contributed by atoms with Crippen molar-refractivity contribution in [2.45, 2.75) is 17.3 Å². The van der Waals surface area contributed by atoms with Gasteiger partial charge in [0.1, 0.15) is 5.25 Å². The van der Waals surface area contributed by atoms with Gasteiger partial charge in [-0.2, -0.15) is 0 Å². The lowest BCUT2D eigenvalue weighted by Gasteiger charge is -2.05. The highest BCUT2D eigenvalue weighted by Gasteiger charge is 2.21. The first kappa shape index (κ1) is 14.4. The largest absolute Gasteiger partial charge is 0.480 e. The lowest BCUT2D eigenvalue weighted by Crippen LogP contribution is -2.37. The van der Waals surface area contributed by atoms with Gasteiger partial charge >= 0.3 is 11.7 Å². The lowest BCUT2D eigenvalue weighted by atomic mass is 10.5. The van der Waals surface area contributed by atoms with Gasteiger partial charge in [-0.05, 0) is 6.92 Å². The van der Waals surface area contributed by atoms with Crippen molar-refractivity contribution in [3.8, 4) is 0 Å². The summed E-state index contributed by atoms with van der Waals surface area (Å²) in [6.07, 6.45) is 0. The van der Waals surface area contributed by atoms with Crippen LogP contribution in [-0.2, 0) is 25.9 Å². The van der Waals surface area contributed by atoms with E-state index in [1.807, 2.05) is 0 Å². The molecule has 20 heavy (non-hydrogen) atoms. The molecule has 1 atom stereocenters. The Morgan fingerprint density at radius 1 is 1.20 bits per heavy atom. The van der Waals surface area contributed by atoms with Crippen LogP contribution in [0.1, 0.15) is 6.92 Å². The highest BCUT2D eigenvalue weighted by molar-refractivity contribution is 8.00. The van der Waals surface area contributed by atoms with Crippen LogP contribution in [0.5, 0.6) is 0 Å². The summed E-state index contributed by atoms with van der Waals surface area (Å²) in [5, 5.41) is 8.61. The Morgan fingerprint density at radius 3 is 2.35 bits per heavy atom. The van der Waals surface area contributed by atoms with Gasteiger partial charge in [0.05, 0.1) is 0 Å². The van der Waals surface area contributed by atoms with Crippen LogP contribution in [0.4, 0.5) is 0 Å². The molecule has 0 aliphatic heterocycles. The molecule has 0 aromatic carbocycles. The van der Waals surface area contributed by atoms with Crippen LogP contribution in [0.15, 0.2) is 14.7 Å². The second kappa shape index (κ2) is 4.82. The van der Waals surface area contributed by atoms with E-state index in [0.29, 0.717) is 5.16 Å². The number of hydrogen-bond acceptors (Lipinski definition) is 5. The zero-order valence-corrected chi connectivity index (χ0v) is 12.3. The number of nitrogens with zero attached hydrogens (tertiary/aromatic N) is 4. The molecule has 0 saturated heterocycles. The average Bonchev–Trinajstić information content (AvgIpc) is 2.71. The molecular formula is C11H14N4O4S. The zero-order valence-electron chi connectivity index (χ0n) is 11.4. The quantitative estimate of drug-likeness (QED) is 0.770. The maximum atomic E-state index is 12.1. The lowest BCUT2D eigenvalue weighted by molar-refractivity contribution is -0.136. The van der Waals surface area contributed by atoms with Crippen LogP contribution < -0.4 is 11.2 Å². The predicted octanol–water partition coefficient (Wildman–Crippen LogP) is -0.464. The number of imidazole rings is 1. The summed E-state index contributed by atoms with van der Waals surface area (Å²) in [6.45, 7) is 1.53. The molecule has 1 N–H and O–H groups in total. The maximum absolute atomic E-state index is 12.1. The number of aryl methyl sites for hydroxylation is 2. The first-order valence-corrected chi connectivity index (χ1v) is 6.65. The topological polar surface area (TPSA) is 99.1 Å². The summed E-state index contributed by atoms with van der Waals surface area (Å²) >= 11 is 1.02. The van der Waals surface area contributed by atoms with E-state index in [9.17, 15) is 14.4 Å². The number of rotatable bonds is 3. The molecule has 0 radical (unpaired) electrons. The molecule has 0 aliphatic rings. The van der Waals surface area contributed by atoms with Crippen LogP contribution in [0.2, 0.25) is 0 Å². The molecule has 0 saturated carbocycles. The summed E-state index contributed by atoms with van der Waals surface area (Å²) in [5.41, 5.74) is -0.397. The van der Waals surface area contributed by atoms with E-state index in [2.05, 4.69) is 4.98 Å². The van der Waals surface area contributed by atoms with Crippen LogP contribution in [0.25, 0.3) is 11.2 Å². The van der Waals surface area contributed by atoms with Crippen LogP contribution >= 0.6 is 11.8 Å². The van der Waals surface area contributed by atoms with E-state index in [1.54, 1.807) is 7.05 Å². The molecule has 0 amide bonds. The molecule has 0 spiro atoms. The molecule has 108 valence electrons. The van der Waals surface area contributed by atoms with E-state index in [1.165, 1.54) is 30.2 Å². The summed E-state index contributed by atoms with van der Waals surface area (Å²) in [6, 6.07) is 0. The van der Waals surface area contributed by atoms with Gasteiger partial charge in [-0.3, -0.25) is 18.7 Å². The van der Waals surface area contributed by atoms with Gasteiger partial charge in [0.15, 0.2) is 16.3 Å².